The van der Waals surface area contributed by atoms with Crippen molar-refractivity contribution in [1.29, 1.82) is 0 Å². The monoisotopic (exact) mass is 437 g/mol. The molecule has 1 spiro atoms. The Balaban J connectivity index is 1.56. The van der Waals surface area contributed by atoms with Gasteiger partial charge < -0.3 is 10.6 Å². The summed E-state index contributed by atoms with van der Waals surface area (Å²) in [6.07, 6.45) is -3.82. The number of carbonyl (C=O) groups excluding carboxylic acids is 3. The Labute approximate surface area is 174 Å². The maximum atomic E-state index is 13.2. The van der Waals surface area contributed by atoms with E-state index in [4.69, 9.17) is 11.6 Å². The standard InChI is InChI=1S/C20H15ClF3N3O3/c21-14-7-3-6-13(20(22,23)24)16(14)25-15(28)10-27-17(29)19(26-18(27)30)9-8-11-4-1-2-5-12(11)19/h1-7H,8-10H2,(H,25,28)(H,26,30). The van der Waals surface area contributed by atoms with Gasteiger partial charge in [-0.05, 0) is 36.1 Å². The van der Waals surface area contributed by atoms with Crippen molar-refractivity contribution in [2.45, 2.75) is 24.6 Å². The number of alkyl halides is 3. The van der Waals surface area contributed by atoms with E-state index in [0.717, 1.165) is 17.7 Å². The van der Waals surface area contributed by atoms with E-state index in [1.165, 1.54) is 6.07 Å². The van der Waals surface area contributed by atoms with Gasteiger partial charge in [-0.3, -0.25) is 14.5 Å². The fraction of sp³-hybridized carbons (Fsp3) is 0.250. The Morgan fingerprint density at radius 2 is 1.90 bits per heavy atom. The summed E-state index contributed by atoms with van der Waals surface area (Å²) in [4.78, 5) is 38.6. The van der Waals surface area contributed by atoms with Crippen LogP contribution in [-0.4, -0.2) is 29.3 Å². The second kappa shape index (κ2) is 7.02. The van der Waals surface area contributed by atoms with E-state index in [9.17, 15) is 27.6 Å². The molecule has 0 aromatic heterocycles. The van der Waals surface area contributed by atoms with Gasteiger partial charge in [-0.15, -0.1) is 0 Å². The number of urea groups is 1. The summed E-state index contributed by atoms with van der Waals surface area (Å²) in [5, 5.41) is 4.43. The van der Waals surface area contributed by atoms with Crippen LogP contribution in [0.1, 0.15) is 23.1 Å². The highest BCUT2D eigenvalue weighted by atomic mass is 35.5. The van der Waals surface area contributed by atoms with Gasteiger partial charge in [-0.1, -0.05) is 41.9 Å². The molecule has 0 bridgehead atoms. The lowest BCUT2D eigenvalue weighted by Gasteiger charge is -2.22. The number of hydrogen-bond acceptors (Lipinski definition) is 3. The van der Waals surface area contributed by atoms with E-state index < -0.39 is 47.4 Å². The number of imide groups is 1. The molecule has 0 radical (unpaired) electrons. The van der Waals surface area contributed by atoms with Crippen LogP contribution in [-0.2, 0) is 27.7 Å². The molecule has 2 N–H and O–H groups in total. The number of rotatable bonds is 3. The highest BCUT2D eigenvalue weighted by Crippen LogP contribution is 2.41. The van der Waals surface area contributed by atoms with Crippen molar-refractivity contribution in [1.82, 2.24) is 10.2 Å². The quantitative estimate of drug-likeness (QED) is 0.719. The molecular formula is C20H15ClF3N3O3. The van der Waals surface area contributed by atoms with Crippen molar-refractivity contribution in [2.24, 2.45) is 0 Å². The highest BCUT2D eigenvalue weighted by Gasteiger charge is 2.55. The molecule has 1 atom stereocenters. The van der Waals surface area contributed by atoms with Gasteiger partial charge in [0.15, 0.2) is 0 Å². The molecular weight excluding hydrogens is 423 g/mol. The Bertz CT molecular complexity index is 1070. The van der Waals surface area contributed by atoms with Crippen LogP contribution < -0.4 is 10.6 Å². The van der Waals surface area contributed by atoms with Crippen LogP contribution >= 0.6 is 11.6 Å². The van der Waals surface area contributed by atoms with Crippen molar-refractivity contribution in [3.8, 4) is 0 Å². The largest absolute Gasteiger partial charge is 0.418 e. The Kier molecular flexibility index (Phi) is 4.73. The zero-order valence-corrected chi connectivity index (χ0v) is 16.1. The number of fused-ring (bicyclic) bond motifs is 2. The molecule has 2 aromatic carbocycles. The van der Waals surface area contributed by atoms with Crippen LogP contribution in [0.2, 0.25) is 5.02 Å². The van der Waals surface area contributed by atoms with Crippen molar-refractivity contribution in [3.63, 3.8) is 0 Å². The number of amides is 4. The molecule has 6 nitrogen and oxygen atoms in total. The van der Waals surface area contributed by atoms with Gasteiger partial charge in [0, 0.05) is 0 Å². The number of carbonyl (C=O) groups is 3. The second-order valence-electron chi connectivity index (χ2n) is 7.09. The van der Waals surface area contributed by atoms with E-state index in [0.29, 0.717) is 23.3 Å². The number of para-hydroxylation sites is 1. The first kappa shape index (κ1) is 20.2. The Morgan fingerprint density at radius 3 is 2.63 bits per heavy atom. The molecule has 1 aliphatic heterocycles. The van der Waals surface area contributed by atoms with E-state index in [1.54, 1.807) is 12.1 Å². The normalized spacial score (nSPS) is 20.5. The van der Waals surface area contributed by atoms with E-state index in [-0.39, 0.29) is 5.02 Å². The van der Waals surface area contributed by atoms with Gasteiger partial charge in [0.1, 0.15) is 12.1 Å². The van der Waals surface area contributed by atoms with Gasteiger partial charge in [0.05, 0.1) is 16.3 Å². The molecule has 1 fully saturated rings. The zero-order chi connectivity index (χ0) is 21.7. The fourth-order valence-electron chi connectivity index (χ4n) is 3.94. The summed E-state index contributed by atoms with van der Waals surface area (Å²) in [7, 11) is 0. The molecule has 0 saturated carbocycles. The van der Waals surface area contributed by atoms with Gasteiger partial charge in [-0.25, -0.2) is 4.79 Å². The predicted octanol–water partition coefficient (Wildman–Crippen LogP) is 3.69. The van der Waals surface area contributed by atoms with Gasteiger partial charge >= 0.3 is 12.2 Å². The summed E-state index contributed by atoms with van der Waals surface area (Å²) >= 11 is 5.83. The Morgan fingerprint density at radius 1 is 1.17 bits per heavy atom. The molecule has 4 amide bonds. The molecule has 1 saturated heterocycles. The number of nitrogens with one attached hydrogen (secondary N) is 2. The van der Waals surface area contributed by atoms with Crippen LogP contribution in [0.25, 0.3) is 0 Å². The number of benzene rings is 2. The molecule has 2 aliphatic rings. The maximum absolute atomic E-state index is 13.2. The Hall–Kier alpha value is -3.07. The maximum Gasteiger partial charge on any atom is 0.418 e. The number of nitrogens with zero attached hydrogens (tertiary/aromatic N) is 1. The number of anilines is 1. The highest BCUT2D eigenvalue weighted by molar-refractivity contribution is 6.34. The molecule has 2 aromatic rings. The molecule has 4 rings (SSSR count). The van der Waals surface area contributed by atoms with E-state index >= 15 is 0 Å². The average Bonchev–Trinajstić information content (AvgIpc) is 3.16. The lowest BCUT2D eigenvalue weighted by Crippen LogP contribution is -2.43. The number of hydrogen-bond donors (Lipinski definition) is 2. The summed E-state index contributed by atoms with van der Waals surface area (Å²) in [6.45, 7) is -0.739. The second-order valence-corrected chi connectivity index (χ2v) is 7.50. The average molecular weight is 438 g/mol. The molecule has 1 heterocycles. The van der Waals surface area contributed by atoms with Gasteiger partial charge in [0.25, 0.3) is 5.91 Å². The lowest BCUT2D eigenvalue weighted by molar-refractivity contribution is -0.137. The van der Waals surface area contributed by atoms with Crippen molar-refractivity contribution < 1.29 is 27.6 Å². The first-order chi connectivity index (χ1) is 14.1. The van der Waals surface area contributed by atoms with Crippen LogP contribution in [0, 0.1) is 0 Å². The summed E-state index contributed by atoms with van der Waals surface area (Å²) < 4.78 is 39.6. The smallest absolute Gasteiger partial charge is 0.323 e. The predicted molar refractivity (Wildman–Crippen MR) is 102 cm³/mol. The van der Waals surface area contributed by atoms with Gasteiger partial charge in [0.2, 0.25) is 5.91 Å². The zero-order valence-electron chi connectivity index (χ0n) is 15.3. The minimum Gasteiger partial charge on any atom is -0.323 e. The van der Waals surface area contributed by atoms with Crippen LogP contribution in [0.3, 0.4) is 0 Å². The van der Waals surface area contributed by atoms with Gasteiger partial charge in [-0.2, -0.15) is 13.2 Å². The molecule has 1 aliphatic carbocycles. The van der Waals surface area contributed by atoms with Crippen LogP contribution in [0.5, 0.6) is 0 Å². The summed E-state index contributed by atoms with van der Waals surface area (Å²) in [5.41, 5.74) is -1.42. The van der Waals surface area contributed by atoms with Crippen molar-refractivity contribution >= 4 is 35.1 Å². The molecule has 30 heavy (non-hydrogen) atoms. The third kappa shape index (κ3) is 3.19. The number of aryl methyl sites for hydroxylation is 1. The topological polar surface area (TPSA) is 78.5 Å². The third-order valence-electron chi connectivity index (χ3n) is 5.31. The molecule has 1 unspecified atom stereocenters. The van der Waals surface area contributed by atoms with E-state index in [2.05, 4.69) is 10.6 Å². The lowest BCUT2D eigenvalue weighted by atomic mass is 9.92. The van der Waals surface area contributed by atoms with Crippen LogP contribution in [0.15, 0.2) is 42.5 Å². The van der Waals surface area contributed by atoms with Crippen LogP contribution in [0.4, 0.5) is 23.7 Å². The summed E-state index contributed by atoms with van der Waals surface area (Å²) in [6, 6.07) is 9.48. The number of halogens is 4. The first-order valence-electron chi connectivity index (χ1n) is 9.01. The fourth-order valence-corrected chi connectivity index (χ4v) is 4.16. The minimum atomic E-state index is -4.74. The van der Waals surface area contributed by atoms with Crippen molar-refractivity contribution in [2.75, 3.05) is 11.9 Å². The molecule has 10 heteroatoms. The summed E-state index contributed by atoms with van der Waals surface area (Å²) in [5.74, 6) is -1.58. The molecule has 156 valence electrons. The third-order valence-corrected chi connectivity index (χ3v) is 5.62. The minimum absolute atomic E-state index is 0.309. The van der Waals surface area contributed by atoms with Crippen molar-refractivity contribution in [3.05, 3.63) is 64.2 Å². The first-order valence-corrected chi connectivity index (χ1v) is 9.39. The SMILES string of the molecule is O=C(CN1C(=O)NC2(CCc3ccccc32)C1=O)Nc1c(Cl)cccc1C(F)(F)F. The van der Waals surface area contributed by atoms with E-state index in [1.807, 2.05) is 12.1 Å².